The minimum absolute atomic E-state index is 0.0276. The molecule has 2 rings (SSSR count). The van der Waals surface area contributed by atoms with Crippen molar-refractivity contribution >= 4 is 17.2 Å². The second kappa shape index (κ2) is 6.12. The van der Waals surface area contributed by atoms with Crippen LogP contribution >= 0.6 is 11.3 Å². The summed E-state index contributed by atoms with van der Waals surface area (Å²) < 4.78 is 0. The van der Waals surface area contributed by atoms with E-state index in [4.69, 9.17) is 0 Å². The summed E-state index contributed by atoms with van der Waals surface area (Å²) in [6, 6.07) is 0.317. The van der Waals surface area contributed by atoms with Gasteiger partial charge in [0.2, 0.25) is 0 Å². The molecular formula is C12H19N3OS. The summed E-state index contributed by atoms with van der Waals surface area (Å²) in [5, 5.41) is 4.86. The molecule has 4 nitrogen and oxygen atoms in total. The fourth-order valence-corrected chi connectivity index (χ4v) is 2.73. The van der Waals surface area contributed by atoms with Gasteiger partial charge in [-0.3, -0.25) is 4.79 Å². The van der Waals surface area contributed by atoms with Crippen LogP contribution in [0.4, 0.5) is 0 Å². The van der Waals surface area contributed by atoms with Crippen LogP contribution in [-0.2, 0) is 0 Å². The third kappa shape index (κ3) is 3.51. The molecule has 1 fully saturated rings. The van der Waals surface area contributed by atoms with Crippen molar-refractivity contribution in [2.45, 2.75) is 32.2 Å². The molecule has 0 bridgehead atoms. The molecule has 0 radical (unpaired) electrons. The molecule has 0 saturated carbocycles. The molecular weight excluding hydrogens is 234 g/mol. The third-order valence-corrected chi connectivity index (χ3v) is 3.71. The molecule has 0 atom stereocenters. The monoisotopic (exact) mass is 253 g/mol. The summed E-state index contributed by atoms with van der Waals surface area (Å²) in [4.78, 5) is 18.3. The van der Waals surface area contributed by atoms with Crippen LogP contribution in [0, 0.1) is 0 Å². The van der Waals surface area contributed by atoms with Gasteiger partial charge in [-0.05, 0) is 25.8 Å². The van der Waals surface area contributed by atoms with E-state index >= 15 is 0 Å². The summed E-state index contributed by atoms with van der Waals surface area (Å²) >= 11 is 1.46. The number of amides is 1. The summed E-state index contributed by atoms with van der Waals surface area (Å²) in [5.41, 5.74) is 2.24. The molecule has 1 saturated heterocycles. The van der Waals surface area contributed by atoms with E-state index in [1.165, 1.54) is 24.3 Å². The van der Waals surface area contributed by atoms with Gasteiger partial charge in [0, 0.05) is 24.5 Å². The topological polar surface area (TPSA) is 45.2 Å². The Balaban J connectivity index is 1.76. The fourth-order valence-electron chi connectivity index (χ4n) is 2.20. The van der Waals surface area contributed by atoms with E-state index in [2.05, 4.69) is 22.1 Å². The van der Waals surface area contributed by atoms with Gasteiger partial charge in [-0.1, -0.05) is 6.92 Å². The van der Waals surface area contributed by atoms with Crippen LogP contribution in [0.5, 0.6) is 0 Å². The van der Waals surface area contributed by atoms with Crippen LogP contribution in [0.2, 0.25) is 0 Å². The number of aromatic nitrogens is 1. The lowest BCUT2D eigenvalue weighted by molar-refractivity contribution is 0.0907. The Morgan fingerprint density at radius 2 is 2.35 bits per heavy atom. The van der Waals surface area contributed by atoms with Crippen molar-refractivity contribution in [1.29, 1.82) is 0 Å². The maximum atomic E-state index is 11.8. The molecule has 94 valence electrons. The molecule has 1 N–H and O–H groups in total. The van der Waals surface area contributed by atoms with Gasteiger partial charge >= 0.3 is 0 Å². The molecule has 17 heavy (non-hydrogen) atoms. The van der Waals surface area contributed by atoms with Crippen molar-refractivity contribution in [3.05, 3.63) is 16.6 Å². The standard InChI is InChI=1S/C12H19N3OS/c1-2-5-15-6-3-10(4-7-15)14-12(16)11-8-17-9-13-11/h8-10H,2-7H2,1H3,(H,14,16). The number of nitrogens with zero attached hydrogens (tertiary/aromatic N) is 2. The van der Waals surface area contributed by atoms with Gasteiger partial charge in [0.05, 0.1) is 5.51 Å². The van der Waals surface area contributed by atoms with E-state index in [9.17, 15) is 4.79 Å². The van der Waals surface area contributed by atoms with Crippen LogP contribution in [0.25, 0.3) is 0 Å². The SMILES string of the molecule is CCCN1CCC(NC(=O)c2cscn2)CC1. The lowest BCUT2D eigenvalue weighted by Crippen LogP contribution is -2.44. The van der Waals surface area contributed by atoms with Gasteiger partial charge in [-0.25, -0.2) is 4.98 Å². The van der Waals surface area contributed by atoms with Crippen molar-refractivity contribution in [3.63, 3.8) is 0 Å². The highest BCUT2D eigenvalue weighted by Gasteiger charge is 2.20. The van der Waals surface area contributed by atoms with Crippen molar-refractivity contribution in [3.8, 4) is 0 Å². The highest BCUT2D eigenvalue weighted by atomic mass is 32.1. The first kappa shape index (κ1) is 12.5. The van der Waals surface area contributed by atoms with Crippen molar-refractivity contribution in [2.75, 3.05) is 19.6 Å². The number of piperidine rings is 1. The maximum Gasteiger partial charge on any atom is 0.270 e. The third-order valence-electron chi connectivity index (χ3n) is 3.13. The van der Waals surface area contributed by atoms with Gasteiger partial charge < -0.3 is 10.2 Å². The Bertz CT molecular complexity index is 345. The van der Waals surface area contributed by atoms with E-state index in [-0.39, 0.29) is 5.91 Å². The second-order valence-corrected chi connectivity index (χ2v) is 5.18. The molecule has 0 aromatic carbocycles. The first-order valence-electron chi connectivity index (χ1n) is 6.21. The molecule has 0 unspecified atom stereocenters. The second-order valence-electron chi connectivity index (χ2n) is 4.46. The Kier molecular flexibility index (Phi) is 4.50. The normalized spacial score (nSPS) is 18.2. The fraction of sp³-hybridized carbons (Fsp3) is 0.667. The van der Waals surface area contributed by atoms with Gasteiger partial charge in [0.15, 0.2) is 0 Å². The Morgan fingerprint density at radius 1 is 1.59 bits per heavy atom. The summed E-state index contributed by atoms with van der Waals surface area (Å²) in [6.45, 7) is 5.56. The zero-order valence-electron chi connectivity index (χ0n) is 10.2. The molecule has 1 aliphatic heterocycles. The Labute approximate surface area is 106 Å². The number of carbonyl (C=O) groups is 1. The lowest BCUT2D eigenvalue weighted by atomic mass is 10.0. The van der Waals surface area contributed by atoms with E-state index in [0.717, 1.165) is 25.9 Å². The van der Waals surface area contributed by atoms with Crippen molar-refractivity contribution in [1.82, 2.24) is 15.2 Å². The van der Waals surface area contributed by atoms with E-state index in [0.29, 0.717) is 11.7 Å². The van der Waals surface area contributed by atoms with E-state index in [1.54, 1.807) is 10.9 Å². The largest absolute Gasteiger partial charge is 0.348 e. The summed E-state index contributed by atoms with van der Waals surface area (Å²) in [7, 11) is 0. The van der Waals surface area contributed by atoms with Crippen LogP contribution < -0.4 is 5.32 Å². The average molecular weight is 253 g/mol. The van der Waals surface area contributed by atoms with Crippen LogP contribution in [0.3, 0.4) is 0 Å². The van der Waals surface area contributed by atoms with Crippen LogP contribution in [0.15, 0.2) is 10.9 Å². The lowest BCUT2D eigenvalue weighted by Gasteiger charge is -2.31. The zero-order valence-corrected chi connectivity index (χ0v) is 11.0. The zero-order chi connectivity index (χ0) is 12.1. The molecule has 2 heterocycles. The number of thiazole rings is 1. The molecule has 5 heteroatoms. The highest BCUT2D eigenvalue weighted by molar-refractivity contribution is 7.07. The van der Waals surface area contributed by atoms with E-state index < -0.39 is 0 Å². The smallest absolute Gasteiger partial charge is 0.270 e. The van der Waals surface area contributed by atoms with Gasteiger partial charge in [-0.2, -0.15) is 0 Å². The number of rotatable bonds is 4. The molecule has 1 aromatic rings. The minimum atomic E-state index is -0.0276. The summed E-state index contributed by atoms with van der Waals surface area (Å²) in [5.74, 6) is -0.0276. The number of carbonyl (C=O) groups excluding carboxylic acids is 1. The highest BCUT2D eigenvalue weighted by Crippen LogP contribution is 2.11. The van der Waals surface area contributed by atoms with Gasteiger partial charge in [0.1, 0.15) is 5.69 Å². The molecule has 0 spiro atoms. The molecule has 1 aliphatic rings. The van der Waals surface area contributed by atoms with Gasteiger partial charge in [-0.15, -0.1) is 11.3 Å². The average Bonchev–Trinajstić information content (AvgIpc) is 2.86. The Hall–Kier alpha value is -0.940. The quantitative estimate of drug-likeness (QED) is 0.889. The number of likely N-dealkylation sites (tertiary alicyclic amines) is 1. The minimum Gasteiger partial charge on any atom is -0.348 e. The number of nitrogens with one attached hydrogen (secondary N) is 1. The van der Waals surface area contributed by atoms with E-state index in [1.807, 2.05) is 0 Å². The first-order chi connectivity index (χ1) is 8.29. The Morgan fingerprint density at radius 3 is 2.94 bits per heavy atom. The van der Waals surface area contributed by atoms with Gasteiger partial charge in [0.25, 0.3) is 5.91 Å². The van der Waals surface area contributed by atoms with Crippen LogP contribution in [0.1, 0.15) is 36.7 Å². The van der Waals surface area contributed by atoms with Crippen LogP contribution in [-0.4, -0.2) is 41.5 Å². The number of hydrogen-bond donors (Lipinski definition) is 1. The maximum absolute atomic E-state index is 11.8. The predicted molar refractivity (Wildman–Crippen MR) is 69.3 cm³/mol. The van der Waals surface area contributed by atoms with Crippen molar-refractivity contribution < 1.29 is 4.79 Å². The predicted octanol–water partition coefficient (Wildman–Crippen LogP) is 1.75. The molecule has 1 aromatic heterocycles. The summed E-state index contributed by atoms with van der Waals surface area (Å²) in [6.07, 6.45) is 3.31. The first-order valence-corrected chi connectivity index (χ1v) is 7.15. The molecule has 1 amide bonds. The molecule has 0 aliphatic carbocycles. The number of hydrogen-bond acceptors (Lipinski definition) is 4. The van der Waals surface area contributed by atoms with Crippen molar-refractivity contribution in [2.24, 2.45) is 0 Å².